The topological polar surface area (TPSA) is 65.1 Å². The lowest BCUT2D eigenvalue weighted by molar-refractivity contribution is -0.145. The van der Waals surface area contributed by atoms with Gasteiger partial charge in [0.2, 0.25) is 0 Å². The first-order valence-corrected chi connectivity index (χ1v) is 11.4. The number of carbonyl (C=O) groups is 2. The minimum Gasteiger partial charge on any atom is -0.493 e. The van der Waals surface area contributed by atoms with Crippen LogP contribution in [0.4, 0.5) is 4.39 Å². The van der Waals surface area contributed by atoms with Crippen molar-refractivity contribution in [2.75, 3.05) is 20.4 Å². The second-order valence-corrected chi connectivity index (χ2v) is 8.88. The van der Waals surface area contributed by atoms with Crippen LogP contribution in [0.2, 0.25) is 0 Å². The number of benzene rings is 1. The smallest absolute Gasteiger partial charge is 0.331 e. The summed E-state index contributed by atoms with van der Waals surface area (Å²) in [5, 5.41) is 0. The molecule has 0 spiro atoms. The molecule has 1 aromatic carbocycles. The zero-order valence-electron chi connectivity index (χ0n) is 19.5. The number of rotatable bonds is 10. The van der Waals surface area contributed by atoms with Gasteiger partial charge >= 0.3 is 5.97 Å². The molecule has 1 saturated heterocycles. The zero-order chi connectivity index (χ0) is 23.5. The molecule has 1 saturated carbocycles. The molecule has 7 heteroatoms. The Labute approximate surface area is 189 Å². The second kappa shape index (κ2) is 10.0. The number of allylic oxidation sites excluding steroid dienone is 1. The van der Waals surface area contributed by atoms with Crippen molar-refractivity contribution in [1.29, 1.82) is 0 Å². The lowest BCUT2D eigenvalue weighted by Crippen LogP contribution is -2.45. The van der Waals surface area contributed by atoms with Gasteiger partial charge < -0.3 is 14.2 Å². The van der Waals surface area contributed by atoms with Crippen LogP contribution >= 0.6 is 0 Å². The van der Waals surface area contributed by atoms with Crippen LogP contribution in [0.1, 0.15) is 74.7 Å². The van der Waals surface area contributed by atoms with Crippen molar-refractivity contribution in [3.05, 3.63) is 41.7 Å². The molecule has 3 rings (SSSR count). The van der Waals surface area contributed by atoms with Gasteiger partial charge in [-0.15, -0.1) is 6.58 Å². The maximum Gasteiger partial charge on any atom is 0.331 e. The van der Waals surface area contributed by atoms with Gasteiger partial charge in [-0.05, 0) is 56.6 Å². The van der Waals surface area contributed by atoms with Crippen molar-refractivity contribution >= 4 is 11.9 Å². The van der Waals surface area contributed by atoms with E-state index in [-0.39, 0.29) is 23.6 Å². The van der Waals surface area contributed by atoms with E-state index in [9.17, 15) is 9.59 Å². The van der Waals surface area contributed by atoms with Crippen LogP contribution in [-0.2, 0) is 14.3 Å². The highest BCUT2D eigenvalue weighted by molar-refractivity contribution is 5.97. The minimum absolute atomic E-state index is 0.0513. The molecule has 1 aliphatic heterocycles. The summed E-state index contributed by atoms with van der Waals surface area (Å²) in [5.74, 6) is -1.09. The van der Waals surface area contributed by atoms with Gasteiger partial charge in [-0.25, -0.2) is 9.18 Å². The molecule has 1 aromatic rings. The Hall–Kier alpha value is -2.41. The number of methoxy groups -OCH3 is 1. The van der Waals surface area contributed by atoms with E-state index in [1.807, 2.05) is 6.08 Å². The van der Waals surface area contributed by atoms with E-state index in [1.54, 1.807) is 13.0 Å². The maximum atomic E-state index is 15.2. The SMILES string of the molecule is C=CCC(CC)(CC)COc1cc(F)c(C(=O)N2CO[C@H](C)[C@H]2C(=O)OC)cc1C1CC1. The van der Waals surface area contributed by atoms with E-state index in [0.717, 1.165) is 37.7 Å². The molecule has 0 bridgehead atoms. The normalized spacial score (nSPS) is 20.8. The average Bonchev–Trinajstić information content (AvgIpc) is 3.57. The van der Waals surface area contributed by atoms with Gasteiger partial charge in [-0.1, -0.05) is 19.9 Å². The van der Waals surface area contributed by atoms with Crippen LogP contribution in [0.15, 0.2) is 24.8 Å². The van der Waals surface area contributed by atoms with Gasteiger partial charge in [-0.3, -0.25) is 9.69 Å². The maximum absolute atomic E-state index is 15.2. The van der Waals surface area contributed by atoms with E-state index in [1.165, 1.54) is 18.1 Å². The Balaban J connectivity index is 1.88. The number of hydrogen-bond acceptors (Lipinski definition) is 5. The Morgan fingerprint density at radius 2 is 2.00 bits per heavy atom. The molecular weight excluding hydrogens is 413 g/mol. The van der Waals surface area contributed by atoms with Gasteiger partial charge in [0.05, 0.1) is 25.4 Å². The molecule has 2 atom stereocenters. The van der Waals surface area contributed by atoms with Gasteiger partial charge in [0.1, 0.15) is 18.3 Å². The molecule has 0 unspecified atom stereocenters. The fraction of sp³-hybridized carbons (Fsp3) is 0.600. The fourth-order valence-electron chi connectivity index (χ4n) is 4.31. The van der Waals surface area contributed by atoms with Crippen molar-refractivity contribution in [2.24, 2.45) is 5.41 Å². The minimum atomic E-state index is -0.902. The quantitative estimate of drug-likeness (QED) is 0.380. The first kappa shape index (κ1) is 24.2. The van der Waals surface area contributed by atoms with Crippen LogP contribution in [0.5, 0.6) is 5.75 Å². The van der Waals surface area contributed by atoms with E-state index in [2.05, 4.69) is 20.4 Å². The molecule has 2 aliphatic rings. The Bertz CT molecular complexity index is 862. The predicted octanol–water partition coefficient (Wildman–Crippen LogP) is 4.82. The third-order valence-electron chi connectivity index (χ3n) is 6.92. The summed E-state index contributed by atoms with van der Waals surface area (Å²) in [7, 11) is 1.26. The zero-order valence-corrected chi connectivity index (χ0v) is 19.5. The van der Waals surface area contributed by atoms with Crippen molar-refractivity contribution in [3.8, 4) is 5.75 Å². The molecule has 2 fully saturated rings. The first-order valence-electron chi connectivity index (χ1n) is 11.4. The van der Waals surface area contributed by atoms with Crippen molar-refractivity contribution in [2.45, 2.75) is 70.9 Å². The average molecular weight is 448 g/mol. The molecular formula is C25H34FNO5. The summed E-state index contributed by atoms with van der Waals surface area (Å²) in [5.41, 5.74) is 0.719. The lowest BCUT2D eigenvalue weighted by Gasteiger charge is -2.31. The Kier molecular flexibility index (Phi) is 7.59. The molecule has 0 aromatic heterocycles. The molecule has 0 N–H and O–H groups in total. The standard InChI is InChI=1S/C25H34FNO5/c1-6-11-25(7-2,8-3)14-31-21-13-20(26)19(12-18(21)17-9-10-17)23(28)27-15-32-16(4)22(27)24(29)30-5/h6,12-13,16-17,22H,1,7-11,14-15H2,2-5H3/t16-,22+/m1/s1. The molecule has 32 heavy (non-hydrogen) atoms. The summed E-state index contributed by atoms with van der Waals surface area (Å²) in [6, 6.07) is 2.01. The number of esters is 1. The van der Waals surface area contributed by atoms with E-state index in [4.69, 9.17) is 14.2 Å². The van der Waals surface area contributed by atoms with Gasteiger partial charge in [0.15, 0.2) is 6.04 Å². The van der Waals surface area contributed by atoms with E-state index in [0.29, 0.717) is 12.4 Å². The number of halogens is 1. The van der Waals surface area contributed by atoms with Crippen molar-refractivity contribution in [1.82, 2.24) is 4.90 Å². The second-order valence-electron chi connectivity index (χ2n) is 8.88. The Morgan fingerprint density at radius 3 is 2.56 bits per heavy atom. The van der Waals surface area contributed by atoms with Crippen LogP contribution < -0.4 is 4.74 Å². The highest BCUT2D eigenvalue weighted by Crippen LogP contribution is 2.46. The molecule has 176 valence electrons. The third-order valence-corrected chi connectivity index (χ3v) is 6.92. The van der Waals surface area contributed by atoms with Crippen LogP contribution in [0, 0.1) is 11.2 Å². The lowest BCUT2D eigenvalue weighted by atomic mass is 9.80. The molecule has 1 amide bonds. The monoisotopic (exact) mass is 447 g/mol. The number of ether oxygens (including phenoxy) is 3. The van der Waals surface area contributed by atoms with Gasteiger partial charge in [0, 0.05) is 11.5 Å². The highest BCUT2D eigenvalue weighted by atomic mass is 19.1. The number of hydrogen-bond donors (Lipinski definition) is 0. The number of nitrogens with zero attached hydrogens (tertiary/aromatic N) is 1. The third kappa shape index (κ3) is 4.82. The molecule has 1 aliphatic carbocycles. The number of amides is 1. The summed E-state index contributed by atoms with van der Waals surface area (Å²) in [6.07, 6.45) is 6.00. The predicted molar refractivity (Wildman–Crippen MR) is 119 cm³/mol. The van der Waals surface area contributed by atoms with Crippen LogP contribution in [-0.4, -0.2) is 49.4 Å². The largest absolute Gasteiger partial charge is 0.493 e. The highest BCUT2D eigenvalue weighted by Gasteiger charge is 2.43. The summed E-state index contributed by atoms with van der Waals surface area (Å²) >= 11 is 0. The molecule has 6 nitrogen and oxygen atoms in total. The Morgan fingerprint density at radius 1 is 1.31 bits per heavy atom. The summed E-state index contributed by atoms with van der Waals surface area (Å²) in [4.78, 5) is 26.6. The van der Waals surface area contributed by atoms with Gasteiger partial charge in [-0.2, -0.15) is 0 Å². The van der Waals surface area contributed by atoms with Gasteiger partial charge in [0.25, 0.3) is 5.91 Å². The molecule has 1 heterocycles. The van der Waals surface area contributed by atoms with Crippen molar-refractivity contribution in [3.63, 3.8) is 0 Å². The molecule has 0 radical (unpaired) electrons. The summed E-state index contributed by atoms with van der Waals surface area (Å²) in [6.45, 7) is 10.2. The fourth-order valence-corrected chi connectivity index (χ4v) is 4.31. The number of carbonyl (C=O) groups excluding carboxylic acids is 2. The summed E-state index contributed by atoms with van der Waals surface area (Å²) < 4.78 is 31.6. The van der Waals surface area contributed by atoms with Crippen LogP contribution in [0.25, 0.3) is 0 Å². The van der Waals surface area contributed by atoms with Crippen LogP contribution in [0.3, 0.4) is 0 Å². The van der Waals surface area contributed by atoms with E-state index < -0.39 is 29.8 Å². The first-order chi connectivity index (χ1) is 15.3. The van der Waals surface area contributed by atoms with E-state index >= 15 is 4.39 Å². The van der Waals surface area contributed by atoms with Crippen molar-refractivity contribution < 1.29 is 28.2 Å².